The molecule has 1 aromatic rings. The van der Waals surface area contributed by atoms with Crippen molar-refractivity contribution in [3.63, 3.8) is 0 Å². The number of nitrogens with one attached hydrogen (secondary N) is 1. The second kappa shape index (κ2) is 2.10. The van der Waals surface area contributed by atoms with Crippen molar-refractivity contribution in [3.05, 3.63) is 23.5 Å². The highest BCUT2D eigenvalue weighted by atomic mass is 16.4. The molecule has 1 aromatic heterocycles. The standard InChI is InChI=1S/C8H9NO3/c10-7(11)8(12)3-1-6-5(8)2-4-9-6/h2,4,9,12H,1,3H2,(H,10,11). The largest absolute Gasteiger partial charge is 0.479 e. The van der Waals surface area contributed by atoms with Crippen LogP contribution < -0.4 is 0 Å². The molecular formula is C8H9NO3. The summed E-state index contributed by atoms with van der Waals surface area (Å²) in [5, 5.41) is 18.5. The molecule has 0 saturated heterocycles. The van der Waals surface area contributed by atoms with Crippen LogP contribution in [0.5, 0.6) is 0 Å². The van der Waals surface area contributed by atoms with E-state index in [-0.39, 0.29) is 6.42 Å². The third kappa shape index (κ3) is 0.726. The zero-order chi connectivity index (χ0) is 8.77. The topological polar surface area (TPSA) is 73.3 Å². The van der Waals surface area contributed by atoms with E-state index >= 15 is 0 Å². The molecule has 1 unspecified atom stereocenters. The first kappa shape index (κ1) is 7.36. The number of carbonyl (C=O) groups is 1. The van der Waals surface area contributed by atoms with Gasteiger partial charge in [0.2, 0.25) is 0 Å². The van der Waals surface area contributed by atoms with Crippen molar-refractivity contribution in [2.45, 2.75) is 18.4 Å². The second-order valence-electron chi connectivity index (χ2n) is 3.04. The van der Waals surface area contributed by atoms with E-state index in [1.165, 1.54) is 0 Å². The number of aliphatic hydroxyl groups is 1. The molecule has 4 heteroatoms. The predicted octanol–water partition coefficient (Wildman–Crippen LogP) is 0.233. The number of aromatic nitrogens is 1. The van der Waals surface area contributed by atoms with Crippen LogP contribution in [0.4, 0.5) is 0 Å². The van der Waals surface area contributed by atoms with Crippen molar-refractivity contribution in [1.82, 2.24) is 4.98 Å². The minimum absolute atomic E-state index is 0.268. The highest BCUT2D eigenvalue weighted by Gasteiger charge is 2.44. The molecule has 0 saturated carbocycles. The predicted molar refractivity (Wildman–Crippen MR) is 40.6 cm³/mol. The van der Waals surface area contributed by atoms with Crippen molar-refractivity contribution in [2.75, 3.05) is 0 Å². The van der Waals surface area contributed by atoms with Gasteiger partial charge in [-0.25, -0.2) is 4.79 Å². The second-order valence-corrected chi connectivity index (χ2v) is 3.04. The average molecular weight is 167 g/mol. The van der Waals surface area contributed by atoms with Gasteiger partial charge in [-0.05, 0) is 18.9 Å². The van der Waals surface area contributed by atoms with Crippen LogP contribution in [0.1, 0.15) is 17.7 Å². The minimum atomic E-state index is -1.66. The summed E-state index contributed by atoms with van der Waals surface area (Å²) in [6.07, 6.45) is 2.52. The number of H-pyrrole nitrogens is 1. The summed E-state index contributed by atoms with van der Waals surface area (Å²) >= 11 is 0. The SMILES string of the molecule is O=C(O)C1(O)CCc2[nH]ccc21. The van der Waals surface area contributed by atoms with Crippen molar-refractivity contribution in [1.29, 1.82) is 0 Å². The van der Waals surface area contributed by atoms with Gasteiger partial charge < -0.3 is 15.2 Å². The molecule has 4 nitrogen and oxygen atoms in total. The average Bonchev–Trinajstić information content (AvgIpc) is 2.54. The number of aliphatic carboxylic acids is 1. The molecule has 64 valence electrons. The summed E-state index contributed by atoms with van der Waals surface area (Å²) in [5.41, 5.74) is -0.315. The zero-order valence-corrected chi connectivity index (χ0v) is 6.37. The first-order valence-electron chi connectivity index (χ1n) is 3.77. The summed E-state index contributed by atoms with van der Waals surface area (Å²) in [7, 11) is 0. The Morgan fingerprint density at radius 3 is 3.08 bits per heavy atom. The molecular weight excluding hydrogens is 158 g/mol. The number of aryl methyl sites for hydroxylation is 1. The van der Waals surface area contributed by atoms with Crippen LogP contribution in [0, 0.1) is 0 Å². The summed E-state index contributed by atoms with van der Waals surface area (Å²) in [6, 6.07) is 1.62. The molecule has 0 aliphatic heterocycles. The van der Waals surface area contributed by atoms with Crippen LogP contribution in [0.25, 0.3) is 0 Å². The van der Waals surface area contributed by atoms with Gasteiger partial charge in [-0.1, -0.05) is 0 Å². The van der Waals surface area contributed by atoms with Crippen LogP contribution in [0.15, 0.2) is 12.3 Å². The Bertz CT molecular complexity index is 331. The monoisotopic (exact) mass is 167 g/mol. The lowest BCUT2D eigenvalue weighted by molar-refractivity contribution is -0.159. The van der Waals surface area contributed by atoms with Gasteiger partial charge in [-0.2, -0.15) is 0 Å². The van der Waals surface area contributed by atoms with Crippen molar-refractivity contribution >= 4 is 5.97 Å². The fraction of sp³-hybridized carbons (Fsp3) is 0.375. The van der Waals surface area contributed by atoms with E-state index in [4.69, 9.17) is 5.11 Å². The summed E-state index contributed by atoms with van der Waals surface area (Å²) < 4.78 is 0. The molecule has 0 bridgehead atoms. The highest BCUT2D eigenvalue weighted by Crippen LogP contribution is 2.36. The van der Waals surface area contributed by atoms with Gasteiger partial charge in [0, 0.05) is 17.5 Å². The molecule has 1 heterocycles. The van der Waals surface area contributed by atoms with Crippen LogP contribution in [0.2, 0.25) is 0 Å². The highest BCUT2D eigenvalue weighted by molar-refractivity contribution is 5.80. The maximum atomic E-state index is 10.7. The summed E-state index contributed by atoms with van der Waals surface area (Å²) in [5.74, 6) is -1.17. The quantitative estimate of drug-likeness (QED) is 0.560. The van der Waals surface area contributed by atoms with Crippen LogP contribution >= 0.6 is 0 Å². The van der Waals surface area contributed by atoms with Gasteiger partial charge in [0.15, 0.2) is 5.60 Å². The Balaban J connectivity index is 2.51. The molecule has 0 spiro atoms. The van der Waals surface area contributed by atoms with Gasteiger partial charge >= 0.3 is 5.97 Å². The molecule has 2 rings (SSSR count). The molecule has 1 aliphatic rings. The minimum Gasteiger partial charge on any atom is -0.479 e. The number of carboxylic acids is 1. The summed E-state index contributed by atoms with van der Waals surface area (Å²) in [6.45, 7) is 0. The Morgan fingerprint density at radius 1 is 1.67 bits per heavy atom. The lowest BCUT2D eigenvalue weighted by Gasteiger charge is -2.16. The summed E-state index contributed by atoms with van der Waals surface area (Å²) in [4.78, 5) is 13.6. The number of fused-ring (bicyclic) bond motifs is 1. The Hall–Kier alpha value is -1.29. The Morgan fingerprint density at radius 2 is 2.42 bits per heavy atom. The lowest BCUT2D eigenvalue weighted by Crippen LogP contribution is -2.32. The van der Waals surface area contributed by atoms with Gasteiger partial charge in [0.1, 0.15) is 0 Å². The number of aromatic amines is 1. The van der Waals surface area contributed by atoms with E-state index in [2.05, 4.69) is 4.98 Å². The first-order valence-corrected chi connectivity index (χ1v) is 3.77. The molecule has 0 fully saturated rings. The van der Waals surface area contributed by atoms with Gasteiger partial charge in [-0.3, -0.25) is 0 Å². The molecule has 0 amide bonds. The molecule has 1 atom stereocenters. The molecule has 3 N–H and O–H groups in total. The van der Waals surface area contributed by atoms with E-state index in [1.807, 2.05) is 0 Å². The number of rotatable bonds is 1. The maximum absolute atomic E-state index is 10.7. The van der Waals surface area contributed by atoms with Gasteiger partial charge in [-0.15, -0.1) is 0 Å². The van der Waals surface area contributed by atoms with Crippen molar-refractivity contribution in [2.24, 2.45) is 0 Å². The lowest BCUT2D eigenvalue weighted by atomic mass is 9.99. The zero-order valence-electron chi connectivity index (χ0n) is 6.37. The van der Waals surface area contributed by atoms with Crippen molar-refractivity contribution < 1.29 is 15.0 Å². The molecule has 1 aliphatic carbocycles. The van der Waals surface area contributed by atoms with Crippen LogP contribution in [0.3, 0.4) is 0 Å². The smallest absolute Gasteiger partial charge is 0.340 e. The van der Waals surface area contributed by atoms with E-state index in [1.54, 1.807) is 12.3 Å². The van der Waals surface area contributed by atoms with Crippen molar-refractivity contribution in [3.8, 4) is 0 Å². The fourth-order valence-electron chi connectivity index (χ4n) is 1.66. The first-order chi connectivity index (χ1) is 5.64. The Kier molecular flexibility index (Phi) is 1.29. The van der Waals surface area contributed by atoms with E-state index in [0.717, 1.165) is 5.69 Å². The third-order valence-electron chi connectivity index (χ3n) is 2.37. The normalized spacial score (nSPS) is 27.1. The molecule has 0 aromatic carbocycles. The van der Waals surface area contributed by atoms with Crippen LogP contribution in [-0.2, 0) is 16.8 Å². The number of hydrogen-bond donors (Lipinski definition) is 3. The number of hydrogen-bond acceptors (Lipinski definition) is 2. The molecule has 0 radical (unpaired) electrons. The van der Waals surface area contributed by atoms with E-state index < -0.39 is 11.6 Å². The Labute approximate surface area is 68.8 Å². The van der Waals surface area contributed by atoms with E-state index in [9.17, 15) is 9.90 Å². The van der Waals surface area contributed by atoms with Crippen LogP contribution in [-0.4, -0.2) is 21.2 Å². The van der Waals surface area contributed by atoms with Gasteiger partial charge in [0.25, 0.3) is 0 Å². The number of carboxylic acid groups (broad SMARTS) is 1. The molecule has 12 heavy (non-hydrogen) atoms. The van der Waals surface area contributed by atoms with Gasteiger partial charge in [0.05, 0.1) is 0 Å². The third-order valence-corrected chi connectivity index (χ3v) is 2.37. The maximum Gasteiger partial charge on any atom is 0.340 e. The van der Waals surface area contributed by atoms with E-state index in [0.29, 0.717) is 12.0 Å². The fourth-order valence-corrected chi connectivity index (χ4v) is 1.66.